The molecule has 0 aliphatic heterocycles. The summed E-state index contributed by atoms with van der Waals surface area (Å²) < 4.78 is 2.16. The van der Waals surface area contributed by atoms with Crippen molar-refractivity contribution in [1.29, 1.82) is 0 Å². The van der Waals surface area contributed by atoms with Crippen molar-refractivity contribution in [3.8, 4) is 0 Å². The third-order valence-corrected chi connectivity index (χ3v) is 5.23. The fraction of sp³-hybridized carbons (Fsp3) is 0.158. The van der Waals surface area contributed by atoms with Gasteiger partial charge in [0, 0.05) is 10.6 Å². The summed E-state index contributed by atoms with van der Waals surface area (Å²) in [7, 11) is 0. The largest absolute Gasteiger partial charge is 0.270 e. The highest BCUT2D eigenvalue weighted by molar-refractivity contribution is 7.99. The van der Waals surface area contributed by atoms with Crippen molar-refractivity contribution in [2.24, 2.45) is 0 Å². The maximum absolute atomic E-state index is 4.43. The number of nitrogens with zero attached hydrogens (tertiary/aromatic N) is 3. The lowest BCUT2D eigenvalue weighted by Crippen LogP contribution is -1.95. The predicted octanol–water partition coefficient (Wildman–Crippen LogP) is 5.04. The fourth-order valence-corrected chi connectivity index (χ4v) is 3.90. The molecule has 0 saturated heterocycles. The lowest BCUT2D eigenvalue weighted by Gasteiger charge is -2.11. The Morgan fingerprint density at radius 3 is 2.52 bits per heavy atom. The Hall–Kier alpha value is -2.33. The molecule has 0 fully saturated rings. The normalized spacial score (nSPS) is 12.8. The van der Waals surface area contributed by atoms with Crippen LogP contribution in [0.1, 0.15) is 23.3 Å². The zero-order valence-corrected chi connectivity index (χ0v) is 13.9. The average Bonchev–Trinajstić information content (AvgIpc) is 2.98. The van der Waals surface area contributed by atoms with E-state index in [4.69, 9.17) is 0 Å². The van der Waals surface area contributed by atoms with Gasteiger partial charge in [-0.25, -0.2) is 0 Å². The van der Waals surface area contributed by atoms with Crippen LogP contribution in [0.25, 0.3) is 16.6 Å². The zero-order chi connectivity index (χ0) is 15.8. The smallest absolute Gasteiger partial charge is 0.196 e. The number of hydrogen-bond donors (Lipinski definition) is 0. The first-order chi connectivity index (χ1) is 11.2. The number of thioether (sulfide) groups is 1. The predicted molar refractivity (Wildman–Crippen MR) is 95.9 cm³/mol. The van der Waals surface area contributed by atoms with E-state index in [1.807, 2.05) is 6.07 Å². The summed E-state index contributed by atoms with van der Waals surface area (Å²) in [5.74, 6) is 0. The van der Waals surface area contributed by atoms with E-state index >= 15 is 0 Å². The van der Waals surface area contributed by atoms with Gasteiger partial charge >= 0.3 is 0 Å². The average molecular weight is 319 g/mol. The molecule has 4 aromatic rings. The molecule has 1 atom stereocenters. The Bertz CT molecular complexity index is 976. The van der Waals surface area contributed by atoms with Crippen LogP contribution in [0.2, 0.25) is 0 Å². The first kappa shape index (κ1) is 14.3. The van der Waals surface area contributed by atoms with E-state index in [0.717, 1.165) is 16.3 Å². The molecule has 0 aliphatic carbocycles. The van der Waals surface area contributed by atoms with Gasteiger partial charge in [0.2, 0.25) is 0 Å². The summed E-state index contributed by atoms with van der Waals surface area (Å²) in [4.78, 5) is 0. The van der Waals surface area contributed by atoms with Gasteiger partial charge in [0.15, 0.2) is 10.8 Å². The lowest BCUT2D eigenvalue weighted by atomic mass is 10.1. The summed E-state index contributed by atoms with van der Waals surface area (Å²) in [6.45, 7) is 4.33. The van der Waals surface area contributed by atoms with Crippen LogP contribution < -0.4 is 0 Å². The number of aromatic nitrogens is 3. The minimum absolute atomic E-state index is 0.323. The summed E-state index contributed by atoms with van der Waals surface area (Å²) in [5.41, 5.74) is 4.60. The van der Waals surface area contributed by atoms with Gasteiger partial charge in [-0.3, -0.25) is 4.40 Å². The molecule has 0 bridgehead atoms. The zero-order valence-electron chi connectivity index (χ0n) is 13.1. The molecule has 1 unspecified atom stereocenters. The molecular formula is C19H17N3S. The van der Waals surface area contributed by atoms with E-state index in [9.17, 15) is 0 Å². The van der Waals surface area contributed by atoms with Crippen molar-refractivity contribution < 1.29 is 0 Å². The van der Waals surface area contributed by atoms with Crippen LogP contribution in [0.3, 0.4) is 0 Å². The minimum atomic E-state index is 0.323. The van der Waals surface area contributed by atoms with Crippen molar-refractivity contribution in [3.05, 3.63) is 71.8 Å². The third-order valence-electron chi connectivity index (χ3n) is 4.12. The number of aryl methyl sites for hydroxylation is 1. The van der Waals surface area contributed by atoms with E-state index in [1.54, 1.807) is 11.8 Å². The second-order valence-electron chi connectivity index (χ2n) is 5.69. The summed E-state index contributed by atoms with van der Waals surface area (Å²) in [6.07, 6.45) is 0. The van der Waals surface area contributed by atoms with Crippen molar-refractivity contribution in [1.82, 2.24) is 14.6 Å². The molecule has 4 heteroatoms. The maximum atomic E-state index is 4.43. The number of fused-ring (bicyclic) bond motifs is 3. The van der Waals surface area contributed by atoms with Crippen LogP contribution in [0.5, 0.6) is 0 Å². The minimum Gasteiger partial charge on any atom is -0.270 e. The van der Waals surface area contributed by atoms with E-state index in [2.05, 4.69) is 83.0 Å². The van der Waals surface area contributed by atoms with Crippen LogP contribution in [-0.4, -0.2) is 14.6 Å². The molecule has 0 aliphatic rings. The molecular weight excluding hydrogens is 302 g/mol. The topological polar surface area (TPSA) is 30.2 Å². The first-order valence-corrected chi connectivity index (χ1v) is 8.57. The van der Waals surface area contributed by atoms with E-state index in [-0.39, 0.29) is 0 Å². The molecule has 2 aromatic heterocycles. The third kappa shape index (κ3) is 2.49. The van der Waals surface area contributed by atoms with Gasteiger partial charge in [0.1, 0.15) is 0 Å². The van der Waals surface area contributed by atoms with Gasteiger partial charge in [-0.15, -0.1) is 10.2 Å². The van der Waals surface area contributed by atoms with Gasteiger partial charge in [0.05, 0.1) is 5.52 Å². The number of rotatable bonds is 3. The van der Waals surface area contributed by atoms with Crippen LogP contribution in [0, 0.1) is 6.92 Å². The summed E-state index contributed by atoms with van der Waals surface area (Å²) in [6, 6.07) is 21.0. The molecule has 2 aromatic carbocycles. The molecule has 23 heavy (non-hydrogen) atoms. The van der Waals surface area contributed by atoms with Crippen molar-refractivity contribution >= 4 is 28.3 Å². The number of pyridine rings is 1. The van der Waals surface area contributed by atoms with Gasteiger partial charge in [-0.2, -0.15) is 0 Å². The van der Waals surface area contributed by atoms with E-state index in [1.165, 1.54) is 16.5 Å². The second kappa shape index (κ2) is 5.70. The molecule has 114 valence electrons. The molecule has 3 nitrogen and oxygen atoms in total. The van der Waals surface area contributed by atoms with Crippen LogP contribution >= 0.6 is 11.8 Å². The van der Waals surface area contributed by atoms with Gasteiger partial charge < -0.3 is 0 Å². The van der Waals surface area contributed by atoms with Crippen molar-refractivity contribution in [3.63, 3.8) is 0 Å². The molecule has 0 amide bonds. The molecule has 0 N–H and O–H groups in total. The monoisotopic (exact) mass is 319 g/mol. The molecule has 0 spiro atoms. The Balaban J connectivity index is 1.84. The SMILES string of the molecule is Cc1cc2nnc(SC(C)c3ccccc3)n2c2ccccc12. The highest BCUT2D eigenvalue weighted by atomic mass is 32.2. The fourth-order valence-electron chi connectivity index (χ4n) is 2.90. The van der Waals surface area contributed by atoms with Crippen molar-refractivity contribution in [2.75, 3.05) is 0 Å². The van der Waals surface area contributed by atoms with Gasteiger partial charge in [-0.05, 0) is 37.1 Å². The Kier molecular flexibility index (Phi) is 3.54. The number of hydrogen-bond acceptors (Lipinski definition) is 3. The van der Waals surface area contributed by atoms with Crippen molar-refractivity contribution in [2.45, 2.75) is 24.3 Å². The Labute approximate surface area is 139 Å². The highest BCUT2D eigenvalue weighted by Gasteiger charge is 2.15. The van der Waals surface area contributed by atoms with Crippen LogP contribution in [-0.2, 0) is 0 Å². The number of benzene rings is 2. The molecule has 2 heterocycles. The quantitative estimate of drug-likeness (QED) is 0.495. The van der Waals surface area contributed by atoms with E-state index in [0.29, 0.717) is 5.25 Å². The van der Waals surface area contributed by atoms with Crippen LogP contribution in [0.4, 0.5) is 0 Å². The lowest BCUT2D eigenvalue weighted by molar-refractivity contribution is 0.928. The summed E-state index contributed by atoms with van der Waals surface area (Å²) >= 11 is 1.74. The number of para-hydroxylation sites is 1. The Morgan fingerprint density at radius 1 is 0.957 bits per heavy atom. The van der Waals surface area contributed by atoms with Crippen LogP contribution in [0.15, 0.2) is 65.8 Å². The summed E-state index contributed by atoms with van der Waals surface area (Å²) in [5, 5.41) is 11.3. The molecule has 0 saturated carbocycles. The van der Waals surface area contributed by atoms with Gasteiger partial charge in [0.25, 0.3) is 0 Å². The Morgan fingerprint density at radius 2 is 1.70 bits per heavy atom. The van der Waals surface area contributed by atoms with E-state index < -0.39 is 0 Å². The first-order valence-electron chi connectivity index (χ1n) is 7.69. The molecule has 4 rings (SSSR count). The highest BCUT2D eigenvalue weighted by Crippen LogP contribution is 2.35. The van der Waals surface area contributed by atoms with Gasteiger partial charge in [-0.1, -0.05) is 60.3 Å². The molecule has 0 radical (unpaired) electrons. The standard InChI is InChI=1S/C19H17N3S/c1-13-12-18-20-21-19(22(18)17-11-7-6-10-16(13)17)23-14(2)15-8-4-3-5-9-15/h3-12,14H,1-2H3. The maximum Gasteiger partial charge on any atom is 0.196 e. The second-order valence-corrected chi connectivity index (χ2v) is 7.00.